The molecule has 0 amide bonds. The molecule has 1 rings (SSSR count). The molecular weight excluding hydrogens is 181 g/mol. The van der Waals surface area contributed by atoms with Crippen LogP contribution in [0.2, 0.25) is 0 Å². The van der Waals surface area contributed by atoms with Crippen molar-refractivity contribution in [2.24, 2.45) is 0 Å². The number of ether oxygens (including phenoxy) is 1. The van der Waals surface area contributed by atoms with E-state index in [2.05, 4.69) is 4.74 Å². The van der Waals surface area contributed by atoms with E-state index in [0.717, 1.165) is 11.8 Å². The van der Waals surface area contributed by atoms with Crippen LogP contribution < -0.4 is 0 Å². The standard InChI is InChI=1S/C5H7F3O2S/c6-5(7,8)4(9)3-11-2-1-10-4/h9H,1-3H2. The molecule has 1 fully saturated rings. The van der Waals surface area contributed by atoms with Crippen LogP contribution in [0.4, 0.5) is 13.2 Å². The van der Waals surface area contributed by atoms with Gasteiger partial charge in [0.2, 0.25) is 0 Å². The lowest BCUT2D eigenvalue weighted by molar-refractivity contribution is -0.354. The van der Waals surface area contributed by atoms with Crippen molar-refractivity contribution in [2.45, 2.75) is 12.0 Å². The highest BCUT2D eigenvalue weighted by Crippen LogP contribution is 2.36. The Bertz CT molecular complexity index is 141. The van der Waals surface area contributed by atoms with Crippen molar-refractivity contribution in [1.29, 1.82) is 0 Å². The van der Waals surface area contributed by atoms with Crippen molar-refractivity contribution in [3.05, 3.63) is 0 Å². The minimum Gasteiger partial charge on any atom is -0.358 e. The van der Waals surface area contributed by atoms with Gasteiger partial charge in [0.25, 0.3) is 5.79 Å². The lowest BCUT2D eigenvalue weighted by Crippen LogP contribution is -2.52. The number of rotatable bonds is 0. The number of thioether (sulfide) groups is 1. The van der Waals surface area contributed by atoms with Crippen LogP contribution in [0.25, 0.3) is 0 Å². The molecule has 0 bridgehead atoms. The summed E-state index contributed by atoms with van der Waals surface area (Å²) in [7, 11) is 0. The lowest BCUT2D eigenvalue weighted by atomic mass is 10.3. The van der Waals surface area contributed by atoms with E-state index < -0.39 is 17.7 Å². The predicted molar refractivity (Wildman–Crippen MR) is 34.3 cm³/mol. The van der Waals surface area contributed by atoms with Gasteiger partial charge in [-0.15, -0.1) is 0 Å². The smallest absolute Gasteiger partial charge is 0.358 e. The van der Waals surface area contributed by atoms with Gasteiger partial charge in [-0.3, -0.25) is 0 Å². The highest BCUT2D eigenvalue weighted by molar-refractivity contribution is 7.99. The van der Waals surface area contributed by atoms with Crippen LogP contribution in [0.15, 0.2) is 0 Å². The Balaban J connectivity index is 2.64. The van der Waals surface area contributed by atoms with Gasteiger partial charge in [-0.05, 0) is 0 Å². The van der Waals surface area contributed by atoms with Gasteiger partial charge in [0, 0.05) is 5.75 Å². The predicted octanol–water partition coefficient (Wildman–Crippen LogP) is 1.00. The quantitative estimate of drug-likeness (QED) is 0.615. The van der Waals surface area contributed by atoms with Crippen molar-refractivity contribution in [3.63, 3.8) is 0 Å². The van der Waals surface area contributed by atoms with E-state index in [1.165, 1.54) is 0 Å². The Morgan fingerprint density at radius 1 is 1.45 bits per heavy atom. The minimum absolute atomic E-state index is 0.0549. The molecule has 0 aromatic rings. The van der Waals surface area contributed by atoms with Crippen LogP contribution in [-0.2, 0) is 4.74 Å². The van der Waals surface area contributed by atoms with E-state index in [0.29, 0.717) is 5.75 Å². The van der Waals surface area contributed by atoms with E-state index in [9.17, 15) is 13.2 Å². The maximum absolute atomic E-state index is 11.9. The normalized spacial score (nSPS) is 33.8. The zero-order chi connectivity index (χ0) is 8.54. The van der Waals surface area contributed by atoms with E-state index in [1.807, 2.05) is 0 Å². The molecule has 11 heavy (non-hydrogen) atoms. The Morgan fingerprint density at radius 2 is 2.09 bits per heavy atom. The molecule has 0 spiro atoms. The molecule has 1 aliphatic heterocycles. The molecule has 1 N–H and O–H groups in total. The molecule has 1 heterocycles. The summed E-state index contributed by atoms with van der Waals surface area (Å²) in [5.74, 6) is -2.86. The Morgan fingerprint density at radius 3 is 2.36 bits per heavy atom. The maximum Gasteiger partial charge on any atom is 0.443 e. The fourth-order valence-electron chi connectivity index (χ4n) is 0.685. The molecule has 0 aliphatic carbocycles. The zero-order valence-electron chi connectivity index (χ0n) is 5.52. The first-order valence-corrected chi connectivity index (χ1v) is 4.12. The second-order valence-electron chi connectivity index (χ2n) is 2.18. The molecule has 6 heteroatoms. The van der Waals surface area contributed by atoms with Gasteiger partial charge in [0.1, 0.15) is 0 Å². The van der Waals surface area contributed by atoms with Crippen LogP contribution in [0.3, 0.4) is 0 Å². The van der Waals surface area contributed by atoms with Crippen molar-refractivity contribution >= 4 is 11.8 Å². The third-order valence-corrected chi connectivity index (χ3v) is 2.36. The molecule has 1 aliphatic rings. The van der Waals surface area contributed by atoms with E-state index in [1.54, 1.807) is 0 Å². The van der Waals surface area contributed by atoms with Crippen molar-refractivity contribution in [1.82, 2.24) is 0 Å². The summed E-state index contributed by atoms with van der Waals surface area (Å²) in [6.45, 7) is -0.0549. The number of hydrogen-bond acceptors (Lipinski definition) is 3. The van der Waals surface area contributed by atoms with E-state index in [-0.39, 0.29) is 6.61 Å². The fraction of sp³-hybridized carbons (Fsp3) is 1.00. The minimum atomic E-state index is -4.68. The molecule has 1 unspecified atom stereocenters. The molecule has 0 saturated carbocycles. The molecule has 1 atom stereocenters. The van der Waals surface area contributed by atoms with E-state index >= 15 is 0 Å². The Labute approximate surface area is 65.7 Å². The third kappa shape index (κ3) is 1.80. The first-order valence-electron chi connectivity index (χ1n) is 2.96. The molecule has 0 radical (unpaired) electrons. The van der Waals surface area contributed by atoms with Crippen LogP contribution in [0, 0.1) is 0 Å². The maximum atomic E-state index is 11.9. The summed E-state index contributed by atoms with van der Waals surface area (Å²) in [4.78, 5) is 0. The first-order chi connectivity index (χ1) is 4.96. The first kappa shape index (κ1) is 9.15. The number of hydrogen-bond donors (Lipinski definition) is 1. The fourth-order valence-corrected chi connectivity index (χ4v) is 1.55. The van der Waals surface area contributed by atoms with Crippen LogP contribution in [-0.4, -0.2) is 35.2 Å². The second kappa shape index (κ2) is 2.84. The summed E-state index contributed by atoms with van der Waals surface area (Å²) >= 11 is 1.03. The van der Waals surface area contributed by atoms with Gasteiger partial charge in [0.15, 0.2) is 0 Å². The average molecular weight is 188 g/mol. The van der Waals surface area contributed by atoms with Crippen molar-refractivity contribution in [2.75, 3.05) is 18.1 Å². The summed E-state index contributed by atoms with van der Waals surface area (Å²) in [6, 6.07) is 0. The van der Waals surface area contributed by atoms with Gasteiger partial charge in [-0.2, -0.15) is 24.9 Å². The summed E-state index contributed by atoms with van der Waals surface area (Å²) in [5, 5.41) is 8.84. The molecule has 66 valence electrons. The molecule has 0 aromatic carbocycles. The summed E-state index contributed by atoms with van der Waals surface area (Å²) in [6.07, 6.45) is -4.68. The van der Waals surface area contributed by atoms with E-state index in [4.69, 9.17) is 5.11 Å². The highest BCUT2D eigenvalue weighted by atomic mass is 32.2. The van der Waals surface area contributed by atoms with Crippen LogP contribution in [0.1, 0.15) is 0 Å². The Kier molecular flexibility index (Phi) is 2.36. The average Bonchev–Trinajstić information content (AvgIpc) is 1.87. The zero-order valence-corrected chi connectivity index (χ0v) is 6.34. The number of aliphatic hydroxyl groups is 1. The monoisotopic (exact) mass is 188 g/mol. The van der Waals surface area contributed by atoms with Crippen LogP contribution in [0.5, 0.6) is 0 Å². The molecule has 2 nitrogen and oxygen atoms in total. The molecule has 1 saturated heterocycles. The lowest BCUT2D eigenvalue weighted by Gasteiger charge is -2.32. The van der Waals surface area contributed by atoms with Gasteiger partial charge in [-0.25, -0.2) is 0 Å². The summed E-state index contributed by atoms with van der Waals surface area (Å²) in [5.41, 5.74) is 0. The number of alkyl halides is 3. The number of halogens is 3. The van der Waals surface area contributed by atoms with Gasteiger partial charge >= 0.3 is 6.18 Å². The largest absolute Gasteiger partial charge is 0.443 e. The molecule has 0 aromatic heterocycles. The topological polar surface area (TPSA) is 29.5 Å². The van der Waals surface area contributed by atoms with Gasteiger partial charge in [0.05, 0.1) is 12.4 Å². The van der Waals surface area contributed by atoms with Crippen molar-refractivity contribution < 1.29 is 23.0 Å². The van der Waals surface area contributed by atoms with Gasteiger partial charge < -0.3 is 9.84 Å². The highest BCUT2D eigenvalue weighted by Gasteiger charge is 2.56. The third-order valence-electron chi connectivity index (χ3n) is 1.31. The van der Waals surface area contributed by atoms with Crippen molar-refractivity contribution in [3.8, 4) is 0 Å². The van der Waals surface area contributed by atoms with Crippen LogP contribution >= 0.6 is 11.8 Å². The van der Waals surface area contributed by atoms with Gasteiger partial charge in [-0.1, -0.05) is 0 Å². The SMILES string of the molecule is OC1(C(F)(F)F)CSCCO1. The summed E-state index contributed by atoms with van der Waals surface area (Å²) < 4.78 is 40.1. The molecular formula is C5H7F3O2S. The Hall–Kier alpha value is 0.0600. The second-order valence-corrected chi connectivity index (χ2v) is 3.29.